The maximum atomic E-state index is 3.34. The molecule has 0 spiro atoms. The Morgan fingerprint density at radius 3 is 2.67 bits per heavy atom. The summed E-state index contributed by atoms with van der Waals surface area (Å²) in [5.41, 5.74) is 3.87. The number of aromatic amines is 1. The third kappa shape index (κ3) is 1.11. The van der Waals surface area contributed by atoms with Gasteiger partial charge in [0.25, 0.3) is 0 Å². The molecule has 1 aromatic rings. The van der Waals surface area contributed by atoms with Crippen molar-refractivity contribution in [3.8, 4) is 0 Å². The van der Waals surface area contributed by atoms with Crippen LogP contribution in [0, 0.1) is 12.8 Å². The monoisotopic (exact) mass is 159 g/mol. The minimum absolute atomic E-state index is 0.558. The number of aromatic nitrogens is 1. The topological polar surface area (TPSA) is 15.8 Å². The number of rotatable bonds is 1. The molecule has 0 unspecified atom stereocenters. The number of aryl methyl sites for hydroxylation is 1. The largest absolute Gasteiger partial charge is 0.359 e. The summed E-state index contributed by atoms with van der Waals surface area (Å²) in [7, 11) is 0. The number of hydrogen-bond acceptors (Lipinski definition) is 0. The van der Waals surface area contributed by atoms with Crippen LogP contribution in [0.2, 0.25) is 0 Å². The van der Waals surface area contributed by atoms with Crippen molar-refractivity contribution in [3.63, 3.8) is 0 Å². The fraction of sp³-hybridized carbons (Fsp3) is 0.273. The number of nitrogens with one attached hydrogen (secondary N) is 1. The van der Waals surface area contributed by atoms with Crippen LogP contribution in [0.5, 0.6) is 0 Å². The van der Waals surface area contributed by atoms with Crippen molar-refractivity contribution in [2.24, 2.45) is 5.92 Å². The Kier molecular flexibility index (Phi) is 1.65. The lowest BCUT2D eigenvalue weighted by atomic mass is 10.0. The molecule has 0 fully saturated rings. The Bertz CT molecular complexity index is 342. The van der Waals surface area contributed by atoms with Gasteiger partial charge in [0.1, 0.15) is 0 Å². The van der Waals surface area contributed by atoms with E-state index in [4.69, 9.17) is 0 Å². The molecule has 62 valence electrons. The van der Waals surface area contributed by atoms with Gasteiger partial charge in [-0.15, -0.1) is 0 Å². The summed E-state index contributed by atoms with van der Waals surface area (Å²) in [6.45, 7) is 4.29. The van der Waals surface area contributed by atoms with E-state index in [-0.39, 0.29) is 0 Å². The van der Waals surface area contributed by atoms with Gasteiger partial charge in [-0.1, -0.05) is 25.2 Å². The van der Waals surface area contributed by atoms with Gasteiger partial charge in [0.05, 0.1) is 0 Å². The summed E-state index contributed by atoms with van der Waals surface area (Å²) < 4.78 is 0. The fourth-order valence-electron chi connectivity index (χ4n) is 1.59. The molecule has 1 aliphatic carbocycles. The lowest BCUT2D eigenvalue weighted by molar-refractivity contribution is 0.970. The maximum absolute atomic E-state index is 3.34. The van der Waals surface area contributed by atoms with Gasteiger partial charge in [-0.2, -0.15) is 0 Å². The van der Waals surface area contributed by atoms with Gasteiger partial charge < -0.3 is 4.98 Å². The van der Waals surface area contributed by atoms with E-state index in [0.717, 1.165) is 0 Å². The Labute approximate surface area is 72.8 Å². The summed E-state index contributed by atoms with van der Waals surface area (Å²) in [6.07, 6.45) is 6.51. The highest BCUT2D eigenvalue weighted by molar-refractivity contribution is 5.70. The molecule has 0 amide bonds. The molecule has 1 heteroatoms. The van der Waals surface area contributed by atoms with Crippen molar-refractivity contribution in [2.45, 2.75) is 13.8 Å². The molecule has 0 aromatic carbocycles. The molecule has 0 radical (unpaired) electrons. The molecule has 1 aromatic heterocycles. The average Bonchev–Trinajstić information content (AvgIpc) is 2.58. The SMILES string of the molecule is Cc1ccc(C2=CC=C[C@@H]2C)[nH]1. The Morgan fingerprint density at radius 2 is 2.17 bits per heavy atom. The second kappa shape index (κ2) is 2.67. The van der Waals surface area contributed by atoms with E-state index in [1.807, 2.05) is 0 Å². The number of H-pyrrole nitrogens is 1. The van der Waals surface area contributed by atoms with Crippen molar-refractivity contribution in [1.29, 1.82) is 0 Å². The van der Waals surface area contributed by atoms with Crippen molar-refractivity contribution in [1.82, 2.24) is 4.98 Å². The van der Waals surface area contributed by atoms with Crippen molar-refractivity contribution < 1.29 is 0 Å². The van der Waals surface area contributed by atoms with E-state index in [2.05, 4.69) is 49.2 Å². The second-order valence-corrected chi connectivity index (χ2v) is 3.35. The molecule has 0 saturated carbocycles. The molecule has 1 aliphatic rings. The zero-order valence-corrected chi connectivity index (χ0v) is 7.46. The third-order valence-corrected chi connectivity index (χ3v) is 2.31. The summed E-state index contributed by atoms with van der Waals surface area (Å²) in [5, 5.41) is 0. The van der Waals surface area contributed by atoms with Crippen molar-refractivity contribution >= 4 is 5.57 Å². The first-order valence-corrected chi connectivity index (χ1v) is 4.32. The first kappa shape index (κ1) is 7.41. The summed E-state index contributed by atoms with van der Waals surface area (Å²) in [6, 6.07) is 4.26. The van der Waals surface area contributed by atoms with Gasteiger partial charge in [-0.05, 0) is 24.6 Å². The van der Waals surface area contributed by atoms with Gasteiger partial charge in [-0.25, -0.2) is 0 Å². The number of allylic oxidation sites excluding steroid dienone is 4. The molecule has 2 rings (SSSR count). The predicted molar refractivity (Wildman–Crippen MR) is 51.8 cm³/mol. The van der Waals surface area contributed by atoms with Crippen LogP contribution in [-0.4, -0.2) is 4.98 Å². The Hall–Kier alpha value is -1.24. The van der Waals surface area contributed by atoms with Crippen LogP contribution in [0.25, 0.3) is 5.57 Å². The second-order valence-electron chi connectivity index (χ2n) is 3.35. The van der Waals surface area contributed by atoms with E-state index in [0.29, 0.717) is 5.92 Å². The lowest BCUT2D eigenvalue weighted by Gasteiger charge is -2.05. The van der Waals surface area contributed by atoms with Crippen molar-refractivity contribution in [3.05, 3.63) is 41.7 Å². The van der Waals surface area contributed by atoms with Crippen LogP contribution in [0.15, 0.2) is 30.4 Å². The first-order valence-electron chi connectivity index (χ1n) is 4.32. The molecule has 1 N–H and O–H groups in total. The van der Waals surface area contributed by atoms with Crippen LogP contribution in [0.3, 0.4) is 0 Å². The molecule has 0 bridgehead atoms. The highest BCUT2D eigenvalue weighted by atomic mass is 14.7. The fourth-order valence-corrected chi connectivity index (χ4v) is 1.59. The van der Waals surface area contributed by atoms with Crippen LogP contribution >= 0.6 is 0 Å². The van der Waals surface area contributed by atoms with Gasteiger partial charge in [-0.3, -0.25) is 0 Å². The average molecular weight is 159 g/mol. The zero-order chi connectivity index (χ0) is 8.55. The molecule has 12 heavy (non-hydrogen) atoms. The molecule has 1 nitrogen and oxygen atoms in total. The van der Waals surface area contributed by atoms with Gasteiger partial charge >= 0.3 is 0 Å². The minimum Gasteiger partial charge on any atom is -0.359 e. The van der Waals surface area contributed by atoms with E-state index in [9.17, 15) is 0 Å². The third-order valence-electron chi connectivity index (χ3n) is 2.31. The zero-order valence-electron chi connectivity index (χ0n) is 7.46. The maximum Gasteiger partial charge on any atom is 0.0420 e. The van der Waals surface area contributed by atoms with Gasteiger partial charge in [0.2, 0.25) is 0 Å². The van der Waals surface area contributed by atoms with Crippen LogP contribution < -0.4 is 0 Å². The molecule has 1 atom stereocenters. The molecule has 0 aliphatic heterocycles. The van der Waals surface area contributed by atoms with Crippen LogP contribution in [0.1, 0.15) is 18.3 Å². The van der Waals surface area contributed by atoms with Crippen LogP contribution in [-0.2, 0) is 0 Å². The summed E-state index contributed by atoms with van der Waals surface area (Å²) >= 11 is 0. The van der Waals surface area contributed by atoms with Crippen molar-refractivity contribution in [2.75, 3.05) is 0 Å². The normalized spacial score (nSPS) is 21.5. The molecule has 1 heterocycles. The summed E-state index contributed by atoms with van der Waals surface area (Å²) in [5.74, 6) is 0.558. The van der Waals surface area contributed by atoms with E-state index >= 15 is 0 Å². The Balaban J connectivity index is 2.33. The molecule has 0 saturated heterocycles. The quantitative estimate of drug-likeness (QED) is 0.648. The highest BCUT2D eigenvalue weighted by Crippen LogP contribution is 2.27. The predicted octanol–water partition coefficient (Wildman–Crippen LogP) is 2.91. The lowest BCUT2D eigenvalue weighted by Crippen LogP contribution is -1.91. The van der Waals surface area contributed by atoms with E-state index in [1.54, 1.807) is 0 Å². The minimum atomic E-state index is 0.558. The summed E-state index contributed by atoms with van der Waals surface area (Å²) in [4.78, 5) is 3.34. The molecular weight excluding hydrogens is 146 g/mol. The van der Waals surface area contributed by atoms with Crippen LogP contribution in [0.4, 0.5) is 0 Å². The molecular formula is C11H13N. The Morgan fingerprint density at radius 1 is 1.33 bits per heavy atom. The number of hydrogen-bond donors (Lipinski definition) is 1. The first-order chi connectivity index (χ1) is 5.77. The smallest absolute Gasteiger partial charge is 0.0420 e. The van der Waals surface area contributed by atoms with Gasteiger partial charge in [0.15, 0.2) is 0 Å². The van der Waals surface area contributed by atoms with E-state index < -0.39 is 0 Å². The van der Waals surface area contributed by atoms with Gasteiger partial charge in [0, 0.05) is 17.3 Å². The van der Waals surface area contributed by atoms with E-state index in [1.165, 1.54) is 17.0 Å². The highest BCUT2D eigenvalue weighted by Gasteiger charge is 2.11. The standard InChI is InChI=1S/C11H13N/c1-8-4-3-5-10(8)11-7-6-9(2)12-11/h3-8,12H,1-2H3/t8-/m0/s1.